The van der Waals surface area contributed by atoms with E-state index in [1.54, 1.807) is 0 Å². The Balaban J connectivity index is -0.000000571. The fraction of sp³-hybridized carbons (Fsp3) is 0.500. The minimum Gasteiger partial charge on any atom is -0.478 e. The molecule has 0 fully saturated rings. The first-order chi connectivity index (χ1) is 15.0. The number of unbranched alkanes of at least 4 members (excludes halogenated alkanes) is 7. The second kappa shape index (κ2) is 24.1. The van der Waals surface area contributed by atoms with E-state index >= 15 is 0 Å². The Kier molecular flexibility index (Phi) is 25.2. The van der Waals surface area contributed by atoms with Gasteiger partial charge in [0.1, 0.15) is 0 Å². The molecule has 0 unspecified atom stereocenters. The van der Waals surface area contributed by atoms with Crippen LogP contribution in [-0.4, -0.2) is 47.3 Å². The topological polar surface area (TPSA) is 127 Å². The highest BCUT2D eigenvalue weighted by Crippen LogP contribution is 2.08. The van der Waals surface area contributed by atoms with Crippen molar-refractivity contribution in [2.75, 3.05) is 13.2 Å². The standard InChI is InChI=1S/C16H26O4.2C4H6O2/c1-3-15(17)19-13-11-9-7-5-6-8-10-12-14-20-16(18)4-2;2*1-3(2)4(5)6/h3-4H,1-2,5-14H2;2*1H2,2H3,(H,5,6). The van der Waals surface area contributed by atoms with E-state index in [2.05, 4.69) is 26.3 Å². The van der Waals surface area contributed by atoms with Crippen LogP contribution in [0.3, 0.4) is 0 Å². The van der Waals surface area contributed by atoms with Crippen LogP contribution in [0.4, 0.5) is 0 Å². The third kappa shape index (κ3) is 31.5. The summed E-state index contributed by atoms with van der Waals surface area (Å²) < 4.78 is 9.77. The zero-order chi connectivity index (χ0) is 25.4. The summed E-state index contributed by atoms with van der Waals surface area (Å²) in [5.41, 5.74) is 0.352. The van der Waals surface area contributed by atoms with Gasteiger partial charge in [-0.25, -0.2) is 19.2 Å². The average molecular weight is 455 g/mol. The molecule has 0 heterocycles. The number of hydrogen-bond acceptors (Lipinski definition) is 6. The lowest BCUT2D eigenvalue weighted by Gasteiger charge is -2.03. The smallest absolute Gasteiger partial charge is 0.330 e. The van der Waals surface area contributed by atoms with Gasteiger partial charge in [0.05, 0.1) is 13.2 Å². The third-order valence-corrected chi connectivity index (χ3v) is 3.59. The maximum Gasteiger partial charge on any atom is 0.330 e. The first-order valence-corrected chi connectivity index (χ1v) is 10.4. The highest BCUT2D eigenvalue weighted by atomic mass is 16.5. The maximum absolute atomic E-state index is 10.8. The van der Waals surface area contributed by atoms with Gasteiger partial charge in [-0.2, -0.15) is 0 Å². The zero-order valence-electron chi connectivity index (χ0n) is 19.4. The van der Waals surface area contributed by atoms with Gasteiger partial charge in [-0.15, -0.1) is 0 Å². The van der Waals surface area contributed by atoms with E-state index in [-0.39, 0.29) is 23.1 Å². The van der Waals surface area contributed by atoms with Crippen molar-refractivity contribution in [1.29, 1.82) is 0 Å². The Hall–Kier alpha value is -3.16. The van der Waals surface area contributed by atoms with Gasteiger partial charge in [0, 0.05) is 23.3 Å². The minimum absolute atomic E-state index is 0.176. The Morgan fingerprint density at radius 3 is 1.03 bits per heavy atom. The minimum atomic E-state index is -0.935. The summed E-state index contributed by atoms with van der Waals surface area (Å²) in [5, 5.41) is 15.8. The normalized spacial score (nSPS) is 8.94. The number of carbonyl (C=O) groups is 4. The molecule has 0 aromatic heterocycles. The van der Waals surface area contributed by atoms with E-state index in [4.69, 9.17) is 19.7 Å². The molecule has 182 valence electrons. The lowest BCUT2D eigenvalue weighted by atomic mass is 10.1. The molecule has 0 aliphatic rings. The van der Waals surface area contributed by atoms with Crippen molar-refractivity contribution in [3.8, 4) is 0 Å². The number of esters is 2. The molecule has 0 amide bonds. The van der Waals surface area contributed by atoms with Gasteiger partial charge < -0.3 is 19.7 Å². The highest BCUT2D eigenvalue weighted by Gasteiger charge is 1.97. The van der Waals surface area contributed by atoms with Gasteiger partial charge in [-0.05, 0) is 26.7 Å². The van der Waals surface area contributed by atoms with Crippen LogP contribution in [0.5, 0.6) is 0 Å². The van der Waals surface area contributed by atoms with E-state index in [0.717, 1.165) is 38.5 Å². The van der Waals surface area contributed by atoms with Crippen molar-refractivity contribution >= 4 is 23.9 Å². The molecule has 0 aliphatic carbocycles. The Morgan fingerprint density at radius 1 is 0.625 bits per heavy atom. The fourth-order valence-corrected chi connectivity index (χ4v) is 1.73. The SMILES string of the molecule is C=C(C)C(=O)O.C=C(C)C(=O)O.C=CC(=O)OCCCCCCCCCCOC(=O)C=C. The monoisotopic (exact) mass is 454 g/mol. The summed E-state index contributed by atoms with van der Waals surface area (Å²) in [5.74, 6) is -2.56. The predicted octanol–water partition coefficient (Wildman–Crippen LogP) is 4.86. The second-order valence-electron chi connectivity index (χ2n) is 6.74. The van der Waals surface area contributed by atoms with Crippen molar-refractivity contribution in [3.05, 3.63) is 49.6 Å². The average Bonchev–Trinajstić information content (AvgIpc) is 2.74. The summed E-state index contributed by atoms with van der Waals surface area (Å²) in [7, 11) is 0. The Labute approximate surface area is 191 Å². The molecule has 0 saturated carbocycles. The van der Waals surface area contributed by atoms with Crippen molar-refractivity contribution in [2.24, 2.45) is 0 Å². The molecule has 8 heteroatoms. The largest absolute Gasteiger partial charge is 0.478 e. The summed E-state index contributed by atoms with van der Waals surface area (Å²) in [6.45, 7) is 16.9. The van der Waals surface area contributed by atoms with Crippen LogP contribution in [0.2, 0.25) is 0 Å². The van der Waals surface area contributed by atoms with Crippen LogP contribution in [-0.2, 0) is 28.7 Å². The van der Waals surface area contributed by atoms with Gasteiger partial charge in [-0.3, -0.25) is 0 Å². The third-order valence-electron chi connectivity index (χ3n) is 3.59. The van der Waals surface area contributed by atoms with Gasteiger partial charge >= 0.3 is 23.9 Å². The van der Waals surface area contributed by atoms with Crippen LogP contribution in [0.15, 0.2) is 49.6 Å². The van der Waals surface area contributed by atoms with Gasteiger partial charge in [0.25, 0.3) is 0 Å². The van der Waals surface area contributed by atoms with Crippen LogP contribution in [0.1, 0.15) is 65.2 Å². The molecule has 0 radical (unpaired) electrons. The second-order valence-corrected chi connectivity index (χ2v) is 6.74. The molecule has 32 heavy (non-hydrogen) atoms. The molecule has 0 spiro atoms. The van der Waals surface area contributed by atoms with Crippen molar-refractivity contribution in [2.45, 2.75) is 65.2 Å². The molecular weight excluding hydrogens is 416 g/mol. The number of carboxylic acid groups (broad SMARTS) is 2. The Bertz CT molecular complexity index is 541. The van der Waals surface area contributed by atoms with E-state index in [1.807, 2.05) is 0 Å². The zero-order valence-corrected chi connectivity index (χ0v) is 19.4. The van der Waals surface area contributed by atoms with Gasteiger partial charge in [0.15, 0.2) is 0 Å². The fourth-order valence-electron chi connectivity index (χ4n) is 1.73. The lowest BCUT2D eigenvalue weighted by Crippen LogP contribution is -2.01. The van der Waals surface area contributed by atoms with Crippen molar-refractivity contribution < 1.29 is 38.9 Å². The Morgan fingerprint density at radius 2 is 0.844 bits per heavy atom. The van der Waals surface area contributed by atoms with Crippen LogP contribution in [0, 0.1) is 0 Å². The predicted molar refractivity (Wildman–Crippen MR) is 124 cm³/mol. The van der Waals surface area contributed by atoms with Crippen LogP contribution < -0.4 is 0 Å². The quantitative estimate of drug-likeness (QED) is 0.204. The molecular formula is C24H38O8. The van der Waals surface area contributed by atoms with Gasteiger partial charge in [0.2, 0.25) is 0 Å². The number of ether oxygens (including phenoxy) is 2. The molecule has 0 saturated heterocycles. The van der Waals surface area contributed by atoms with E-state index < -0.39 is 11.9 Å². The molecule has 0 rings (SSSR count). The molecule has 0 aliphatic heterocycles. The summed E-state index contributed by atoms with van der Waals surface area (Å²) >= 11 is 0. The van der Waals surface area contributed by atoms with Gasteiger partial charge in [-0.1, -0.05) is 64.8 Å². The first kappa shape index (κ1) is 33.5. The van der Waals surface area contributed by atoms with E-state index in [9.17, 15) is 19.2 Å². The highest BCUT2D eigenvalue weighted by molar-refractivity contribution is 5.85. The molecule has 8 nitrogen and oxygen atoms in total. The summed E-state index contributed by atoms with van der Waals surface area (Å²) in [4.78, 5) is 40.7. The first-order valence-electron chi connectivity index (χ1n) is 10.4. The lowest BCUT2D eigenvalue weighted by molar-refractivity contribution is -0.138. The maximum atomic E-state index is 10.8. The number of rotatable bonds is 15. The number of carbonyl (C=O) groups excluding carboxylic acids is 2. The van der Waals surface area contributed by atoms with E-state index in [0.29, 0.717) is 13.2 Å². The molecule has 0 aromatic carbocycles. The van der Waals surface area contributed by atoms with Crippen LogP contribution in [0.25, 0.3) is 0 Å². The summed E-state index contributed by atoms with van der Waals surface area (Å²) in [6.07, 6.45) is 11.1. The van der Waals surface area contributed by atoms with Crippen molar-refractivity contribution in [1.82, 2.24) is 0 Å². The number of hydrogen-bond donors (Lipinski definition) is 2. The van der Waals surface area contributed by atoms with E-state index in [1.165, 1.54) is 38.8 Å². The molecule has 0 bridgehead atoms. The van der Waals surface area contributed by atoms with Crippen molar-refractivity contribution in [3.63, 3.8) is 0 Å². The van der Waals surface area contributed by atoms with Crippen LogP contribution >= 0.6 is 0 Å². The molecule has 2 N–H and O–H groups in total. The number of carboxylic acids is 2. The number of aliphatic carboxylic acids is 2. The molecule has 0 aromatic rings. The molecule has 0 atom stereocenters. The summed E-state index contributed by atoms with van der Waals surface area (Å²) in [6, 6.07) is 0.